The van der Waals surface area contributed by atoms with E-state index in [0.29, 0.717) is 5.92 Å². The Bertz CT molecular complexity index is 337. The van der Waals surface area contributed by atoms with Crippen LogP contribution < -0.4 is 0 Å². The fraction of sp³-hybridized carbons (Fsp3) is 0.714. The SMILES string of the molecule is C[C@](O)(C#C[Si](C)(C)C)C[C@H](O)/C=C/C1CC1. The molecular weight excluding hydrogens is 228 g/mol. The predicted octanol–water partition coefficient (Wildman–Crippen LogP) is 2.34. The third-order valence-electron chi connectivity index (χ3n) is 2.54. The van der Waals surface area contributed by atoms with E-state index < -0.39 is 19.8 Å². The van der Waals surface area contributed by atoms with E-state index in [-0.39, 0.29) is 6.42 Å². The average Bonchev–Trinajstić information content (AvgIpc) is 2.93. The predicted molar refractivity (Wildman–Crippen MR) is 74.2 cm³/mol. The Morgan fingerprint density at radius 2 is 2.00 bits per heavy atom. The van der Waals surface area contributed by atoms with E-state index >= 15 is 0 Å². The van der Waals surface area contributed by atoms with Crippen molar-refractivity contribution in [2.24, 2.45) is 5.92 Å². The minimum Gasteiger partial charge on any atom is -0.389 e. The van der Waals surface area contributed by atoms with Crippen LogP contribution in [0.5, 0.6) is 0 Å². The highest BCUT2D eigenvalue weighted by Gasteiger charge is 2.23. The molecule has 0 radical (unpaired) electrons. The van der Waals surface area contributed by atoms with Crippen LogP contribution in [0.3, 0.4) is 0 Å². The Hall–Kier alpha value is -0.563. The van der Waals surface area contributed by atoms with Crippen molar-refractivity contribution in [2.45, 2.75) is 57.5 Å². The normalized spacial score (nSPS) is 21.8. The molecule has 2 atom stereocenters. The van der Waals surface area contributed by atoms with Crippen molar-refractivity contribution in [3.05, 3.63) is 12.2 Å². The molecule has 1 rings (SSSR count). The highest BCUT2D eigenvalue weighted by molar-refractivity contribution is 6.83. The van der Waals surface area contributed by atoms with E-state index in [9.17, 15) is 10.2 Å². The van der Waals surface area contributed by atoms with Crippen molar-refractivity contribution in [3.63, 3.8) is 0 Å². The smallest absolute Gasteiger partial charge is 0.129 e. The monoisotopic (exact) mass is 252 g/mol. The number of hydrogen-bond acceptors (Lipinski definition) is 2. The zero-order valence-corrected chi connectivity index (χ0v) is 12.3. The van der Waals surface area contributed by atoms with Crippen molar-refractivity contribution in [1.29, 1.82) is 0 Å². The second kappa shape index (κ2) is 5.39. The van der Waals surface area contributed by atoms with E-state index in [0.717, 1.165) is 0 Å². The van der Waals surface area contributed by atoms with Gasteiger partial charge in [-0.1, -0.05) is 37.7 Å². The lowest BCUT2D eigenvalue weighted by molar-refractivity contribution is 0.0652. The largest absolute Gasteiger partial charge is 0.389 e. The number of rotatable bonds is 4. The van der Waals surface area contributed by atoms with Gasteiger partial charge >= 0.3 is 0 Å². The van der Waals surface area contributed by atoms with Crippen LogP contribution in [0.2, 0.25) is 19.6 Å². The van der Waals surface area contributed by atoms with Gasteiger partial charge in [0, 0.05) is 6.42 Å². The molecule has 2 nitrogen and oxygen atoms in total. The van der Waals surface area contributed by atoms with E-state index in [1.54, 1.807) is 13.0 Å². The zero-order chi connectivity index (χ0) is 13.1. The molecule has 0 aromatic heterocycles. The maximum absolute atomic E-state index is 10.1. The summed E-state index contributed by atoms with van der Waals surface area (Å²) in [7, 11) is -1.47. The summed E-state index contributed by atoms with van der Waals surface area (Å²) in [6.45, 7) is 8.09. The fourth-order valence-electron chi connectivity index (χ4n) is 1.42. The summed E-state index contributed by atoms with van der Waals surface area (Å²) in [5.74, 6) is 3.56. The van der Waals surface area contributed by atoms with Gasteiger partial charge in [0.2, 0.25) is 0 Å². The summed E-state index contributed by atoms with van der Waals surface area (Å²) in [6, 6.07) is 0. The quantitative estimate of drug-likeness (QED) is 0.458. The Kier molecular flexibility index (Phi) is 4.59. The van der Waals surface area contributed by atoms with Crippen molar-refractivity contribution >= 4 is 8.07 Å². The van der Waals surface area contributed by atoms with Crippen LogP contribution >= 0.6 is 0 Å². The summed E-state index contributed by atoms with van der Waals surface area (Å²) < 4.78 is 0. The summed E-state index contributed by atoms with van der Waals surface area (Å²) >= 11 is 0. The standard InChI is InChI=1S/C14H24O2Si/c1-14(16,9-10-17(2,3)4)11-13(15)8-7-12-5-6-12/h7-8,12-13,15-16H,5-6,11H2,1-4H3/b8-7+/t13-,14+/m1/s1. The van der Waals surface area contributed by atoms with Crippen molar-refractivity contribution < 1.29 is 10.2 Å². The van der Waals surface area contributed by atoms with Crippen LogP contribution in [-0.4, -0.2) is 30.0 Å². The van der Waals surface area contributed by atoms with Crippen LogP contribution in [0.4, 0.5) is 0 Å². The molecule has 96 valence electrons. The van der Waals surface area contributed by atoms with Crippen molar-refractivity contribution in [3.8, 4) is 11.5 Å². The number of aliphatic hydroxyl groups excluding tert-OH is 1. The van der Waals surface area contributed by atoms with Gasteiger partial charge in [0.1, 0.15) is 13.7 Å². The second-order valence-electron chi connectivity index (χ2n) is 6.27. The highest BCUT2D eigenvalue weighted by atomic mass is 28.3. The number of allylic oxidation sites excluding steroid dienone is 1. The van der Waals surface area contributed by atoms with Gasteiger partial charge < -0.3 is 10.2 Å². The van der Waals surface area contributed by atoms with Gasteiger partial charge in [0.05, 0.1) is 6.10 Å². The van der Waals surface area contributed by atoms with E-state index in [1.165, 1.54) is 12.8 Å². The lowest BCUT2D eigenvalue weighted by Crippen LogP contribution is -2.29. The molecule has 0 aromatic rings. The second-order valence-corrected chi connectivity index (χ2v) is 11.0. The van der Waals surface area contributed by atoms with Crippen LogP contribution in [0.15, 0.2) is 12.2 Å². The summed E-state index contributed by atoms with van der Waals surface area (Å²) in [5.41, 5.74) is 2.06. The lowest BCUT2D eigenvalue weighted by atomic mass is 9.99. The van der Waals surface area contributed by atoms with Gasteiger partial charge in [-0.15, -0.1) is 5.54 Å². The molecule has 0 aromatic carbocycles. The molecule has 0 amide bonds. The molecule has 1 aliphatic rings. The van der Waals surface area contributed by atoms with Crippen LogP contribution in [0.25, 0.3) is 0 Å². The Balaban J connectivity index is 2.48. The first-order valence-corrected chi connectivity index (χ1v) is 9.81. The molecule has 1 saturated carbocycles. The van der Waals surface area contributed by atoms with Gasteiger partial charge in [0.15, 0.2) is 0 Å². The van der Waals surface area contributed by atoms with Gasteiger partial charge in [0.25, 0.3) is 0 Å². The molecule has 0 bridgehead atoms. The molecule has 0 spiro atoms. The molecule has 0 saturated heterocycles. The van der Waals surface area contributed by atoms with E-state index in [1.807, 2.05) is 6.08 Å². The zero-order valence-electron chi connectivity index (χ0n) is 11.3. The van der Waals surface area contributed by atoms with Crippen LogP contribution in [0.1, 0.15) is 26.2 Å². The maximum Gasteiger partial charge on any atom is 0.129 e. The average molecular weight is 252 g/mol. The summed E-state index contributed by atoms with van der Waals surface area (Å²) in [6.07, 6.45) is 5.99. The first kappa shape index (κ1) is 14.5. The number of aliphatic hydroxyl groups is 2. The molecular formula is C14H24O2Si. The molecule has 0 heterocycles. The summed E-state index contributed by atoms with van der Waals surface area (Å²) in [5, 5.41) is 19.9. The highest BCUT2D eigenvalue weighted by Crippen LogP contribution is 2.30. The molecule has 0 unspecified atom stereocenters. The Morgan fingerprint density at radius 1 is 1.41 bits per heavy atom. The van der Waals surface area contributed by atoms with E-state index in [4.69, 9.17) is 0 Å². The lowest BCUT2D eigenvalue weighted by Gasteiger charge is -2.19. The molecule has 1 aliphatic carbocycles. The van der Waals surface area contributed by atoms with Crippen molar-refractivity contribution in [1.82, 2.24) is 0 Å². The van der Waals surface area contributed by atoms with Gasteiger partial charge in [-0.2, -0.15) is 0 Å². The molecule has 0 aliphatic heterocycles. The molecule has 17 heavy (non-hydrogen) atoms. The third-order valence-corrected chi connectivity index (χ3v) is 3.42. The first-order chi connectivity index (χ1) is 7.68. The minimum absolute atomic E-state index is 0.285. The summed E-state index contributed by atoms with van der Waals surface area (Å²) in [4.78, 5) is 0. The first-order valence-electron chi connectivity index (χ1n) is 6.31. The third kappa shape index (κ3) is 7.38. The maximum atomic E-state index is 10.1. The topological polar surface area (TPSA) is 40.5 Å². The van der Waals surface area contributed by atoms with Crippen LogP contribution in [0, 0.1) is 17.4 Å². The van der Waals surface area contributed by atoms with Gasteiger partial charge in [-0.3, -0.25) is 0 Å². The van der Waals surface area contributed by atoms with Crippen LogP contribution in [-0.2, 0) is 0 Å². The van der Waals surface area contributed by atoms with E-state index in [2.05, 4.69) is 31.1 Å². The van der Waals surface area contributed by atoms with Gasteiger partial charge in [-0.05, 0) is 25.7 Å². The molecule has 2 N–H and O–H groups in total. The fourth-order valence-corrected chi connectivity index (χ4v) is 2.07. The Labute approximate surface area is 106 Å². The minimum atomic E-state index is -1.47. The van der Waals surface area contributed by atoms with Crippen molar-refractivity contribution in [2.75, 3.05) is 0 Å². The molecule has 3 heteroatoms. The Morgan fingerprint density at radius 3 is 2.47 bits per heavy atom. The van der Waals surface area contributed by atoms with Gasteiger partial charge in [-0.25, -0.2) is 0 Å². The number of hydrogen-bond donors (Lipinski definition) is 2. The molecule has 1 fully saturated rings.